The minimum absolute atomic E-state index is 0.216. The highest BCUT2D eigenvalue weighted by Crippen LogP contribution is 2.29. The number of piperazine rings is 1. The van der Waals surface area contributed by atoms with Crippen molar-refractivity contribution >= 4 is 11.6 Å². The van der Waals surface area contributed by atoms with Crippen LogP contribution < -0.4 is 5.32 Å². The Labute approximate surface area is 124 Å². The highest BCUT2D eigenvalue weighted by Gasteiger charge is 2.35. The van der Waals surface area contributed by atoms with E-state index in [-0.39, 0.29) is 10.8 Å². The van der Waals surface area contributed by atoms with Crippen molar-refractivity contribution in [2.24, 2.45) is 0 Å². The zero-order chi connectivity index (χ0) is 14.1. The Morgan fingerprint density at radius 1 is 1.30 bits per heavy atom. The smallest absolute Gasteiger partial charge is 0.141 e. The molecule has 1 unspecified atom stereocenters. The quantitative estimate of drug-likeness (QED) is 0.922. The van der Waals surface area contributed by atoms with E-state index in [4.69, 9.17) is 11.6 Å². The summed E-state index contributed by atoms with van der Waals surface area (Å²) < 4.78 is 13.2. The molecule has 2 saturated heterocycles. The molecule has 5 heteroatoms. The number of benzene rings is 1. The van der Waals surface area contributed by atoms with E-state index in [0.29, 0.717) is 12.1 Å². The molecule has 3 nitrogen and oxygen atoms in total. The molecule has 110 valence electrons. The average Bonchev–Trinajstić information content (AvgIpc) is 2.41. The number of hydrogen-bond acceptors (Lipinski definition) is 3. The second-order valence-corrected chi connectivity index (χ2v) is 6.15. The Bertz CT molecular complexity index is 470. The zero-order valence-electron chi connectivity index (χ0n) is 11.8. The van der Waals surface area contributed by atoms with Gasteiger partial charge < -0.3 is 5.32 Å². The summed E-state index contributed by atoms with van der Waals surface area (Å²) in [5.41, 5.74) is 1.09. The molecular weight excluding hydrogens is 277 g/mol. The molecule has 0 radical (unpaired) electrons. The summed E-state index contributed by atoms with van der Waals surface area (Å²) in [6.45, 7) is 8.84. The molecule has 1 aromatic carbocycles. The lowest BCUT2D eigenvalue weighted by Gasteiger charge is -2.49. The Morgan fingerprint density at radius 3 is 2.65 bits per heavy atom. The van der Waals surface area contributed by atoms with Crippen LogP contribution in [0, 0.1) is 5.82 Å². The van der Waals surface area contributed by atoms with Gasteiger partial charge in [0.2, 0.25) is 0 Å². The van der Waals surface area contributed by atoms with Gasteiger partial charge in [0, 0.05) is 51.4 Å². The lowest BCUT2D eigenvalue weighted by Crippen LogP contribution is -2.62. The normalized spacial score (nSPS) is 23.6. The molecule has 0 bridgehead atoms. The summed E-state index contributed by atoms with van der Waals surface area (Å²) in [6, 6.07) is 6.02. The molecule has 0 aromatic heterocycles. The molecule has 2 fully saturated rings. The van der Waals surface area contributed by atoms with E-state index in [9.17, 15) is 4.39 Å². The van der Waals surface area contributed by atoms with Crippen LogP contribution >= 0.6 is 11.6 Å². The lowest BCUT2D eigenvalue weighted by atomic mass is 9.99. The van der Waals surface area contributed by atoms with Crippen LogP contribution in [0.3, 0.4) is 0 Å². The number of likely N-dealkylation sites (tertiary alicyclic amines) is 1. The van der Waals surface area contributed by atoms with Crippen molar-refractivity contribution in [2.75, 3.05) is 39.3 Å². The predicted molar refractivity (Wildman–Crippen MR) is 79.6 cm³/mol. The first kappa shape index (κ1) is 14.3. The monoisotopic (exact) mass is 297 g/mol. The second kappa shape index (κ2) is 5.98. The van der Waals surface area contributed by atoms with Crippen molar-refractivity contribution in [1.82, 2.24) is 15.1 Å². The van der Waals surface area contributed by atoms with E-state index in [2.05, 4.69) is 22.0 Å². The van der Waals surface area contributed by atoms with Crippen LogP contribution in [0.4, 0.5) is 4.39 Å². The Morgan fingerprint density at radius 2 is 2.00 bits per heavy atom. The first-order chi connectivity index (χ1) is 9.65. The van der Waals surface area contributed by atoms with Crippen molar-refractivity contribution in [3.05, 3.63) is 34.6 Å². The van der Waals surface area contributed by atoms with E-state index in [1.165, 1.54) is 6.07 Å². The number of nitrogens with zero attached hydrogens (tertiary/aromatic N) is 2. The van der Waals surface area contributed by atoms with E-state index in [1.54, 1.807) is 6.07 Å². The Kier molecular flexibility index (Phi) is 4.26. The molecule has 1 aromatic rings. The molecular formula is C15H21ClFN3. The standard InChI is InChI=1S/C15H21ClFN3/c1-11(12-2-3-15(17)14(16)8-12)20-9-13(10-20)19-6-4-18-5-7-19/h2-3,8,11,13,18H,4-7,9-10H2,1H3. The Hall–Kier alpha value is -0.680. The number of rotatable bonds is 3. The summed E-state index contributed by atoms with van der Waals surface area (Å²) in [5.74, 6) is -0.343. The lowest BCUT2D eigenvalue weighted by molar-refractivity contribution is 0.00346. The maximum atomic E-state index is 13.2. The van der Waals surface area contributed by atoms with Gasteiger partial charge in [0.1, 0.15) is 5.82 Å². The highest BCUT2D eigenvalue weighted by atomic mass is 35.5. The topological polar surface area (TPSA) is 18.5 Å². The molecule has 2 aliphatic heterocycles. The van der Waals surface area contributed by atoms with Crippen LogP contribution in [0.5, 0.6) is 0 Å². The largest absolute Gasteiger partial charge is 0.314 e. The average molecular weight is 298 g/mol. The van der Waals surface area contributed by atoms with E-state index < -0.39 is 0 Å². The van der Waals surface area contributed by atoms with Crippen LogP contribution in [0.1, 0.15) is 18.5 Å². The minimum atomic E-state index is -0.343. The minimum Gasteiger partial charge on any atom is -0.314 e. The number of halogens is 2. The molecule has 1 N–H and O–H groups in total. The van der Waals surface area contributed by atoms with Gasteiger partial charge in [0.15, 0.2) is 0 Å². The van der Waals surface area contributed by atoms with Gasteiger partial charge in [-0.15, -0.1) is 0 Å². The van der Waals surface area contributed by atoms with Crippen molar-refractivity contribution < 1.29 is 4.39 Å². The first-order valence-electron chi connectivity index (χ1n) is 7.29. The fourth-order valence-electron chi connectivity index (χ4n) is 3.07. The van der Waals surface area contributed by atoms with Gasteiger partial charge in [0.05, 0.1) is 5.02 Å². The van der Waals surface area contributed by atoms with Gasteiger partial charge in [-0.05, 0) is 24.6 Å². The van der Waals surface area contributed by atoms with Crippen LogP contribution in [-0.4, -0.2) is 55.1 Å². The SMILES string of the molecule is CC(c1ccc(F)c(Cl)c1)N1CC(N2CCNCC2)C1. The molecule has 2 aliphatic rings. The van der Waals surface area contributed by atoms with Gasteiger partial charge in [-0.1, -0.05) is 17.7 Å². The molecule has 3 rings (SSSR count). The fraction of sp³-hybridized carbons (Fsp3) is 0.600. The van der Waals surface area contributed by atoms with E-state index in [0.717, 1.165) is 44.8 Å². The predicted octanol–water partition coefficient (Wildman–Crippen LogP) is 2.13. The highest BCUT2D eigenvalue weighted by molar-refractivity contribution is 6.30. The summed E-state index contributed by atoms with van der Waals surface area (Å²) >= 11 is 5.87. The summed E-state index contributed by atoms with van der Waals surface area (Å²) in [5, 5.41) is 3.60. The zero-order valence-corrected chi connectivity index (χ0v) is 12.5. The molecule has 2 heterocycles. The maximum Gasteiger partial charge on any atom is 0.141 e. The van der Waals surface area contributed by atoms with E-state index >= 15 is 0 Å². The van der Waals surface area contributed by atoms with Gasteiger partial charge in [-0.25, -0.2) is 4.39 Å². The number of nitrogens with one attached hydrogen (secondary N) is 1. The molecule has 0 saturated carbocycles. The fourth-order valence-corrected chi connectivity index (χ4v) is 3.25. The number of hydrogen-bond donors (Lipinski definition) is 1. The molecule has 0 spiro atoms. The summed E-state index contributed by atoms with van der Waals surface area (Å²) in [7, 11) is 0. The van der Waals surface area contributed by atoms with Crippen LogP contribution in [-0.2, 0) is 0 Å². The van der Waals surface area contributed by atoms with Crippen LogP contribution in [0.15, 0.2) is 18.2 Å². The van der Waals surface area contributed by atoms with Crippen LogP contribution in [0.2, 0.25) is 5.02 Å². The van der Waals surface area contributed by atoms with Crippen molar-refractivity contribution in [3.63, 3.8) is 0 Å². The third kappa shape index (κ3) is 2.84. The van der Waals surface area contributed by atoms with Gasteiger partial charge in [0.25, 0.3) is 0 Å². The van der Waals surface area contributed by atoms with Crippen molar-refractivity contribution in [1.29, 1.82) is 0 Å². The molecule has 0 amide bonds. The third-order valence-electron chi connectivity index (χ3n) is 4.53. The second-order valence-electron chi connectivity index (χ2n) is 5.74. The Balaban J connectivity index is 1.57. The maximum absolute atomic E-state index is 13.2. The van der Waals surface area contributed by atoms with Gasteiger partial charge in [-0.3, -0.25) is 9.80 Å². The van der Waals surface area contributed by atoms with Crippen LogP contribution in [0.25, 0.3) is 0 Å². The first-order valence-corrected chi connectivity index (χ1v) is 7.66. The van der Waals surface area contributed by atoms with Crippen molar-refractivity contribution in [2.45, 2.75) is 19.0 Å². The summed E-state index contributed by atoms with van der Waals surface area (Å²) in [6.07, 6.45) is 0. The molecule has 1 atom stereocenters. The summed E-state index contributed by atoms with van der Waals surface area (Å²) in [4.78, 5) is 4.99. The molecule has 20 heavy (non-hydrogen) atoms. The van der Waals surface area contributed by atoms with Gasteiger partial charge in [-0.2, -0.15) is 0 Å². The van der Waals surface area contributed by atoms with E-state index in [1.807, 2.05) is 6.07 Å². The van der Waals surface area contributed by atoms with Crippen molar-refractivity contribution in [3.8, 4) is 0 Å². The molecule has 0 aliphatic carbocycles. The third-order valence-corrected chi connectivity index (χ3v) is 4.82. The van der Waals surface area contributed by atoms with Gasteiger partial charge >= 0.3 is 0 Å².